The van der Waals surface area contributed by atoms with Crippen LogP contribution < -0.4 is 0 Å². The Kier molecular flexibility index (Phi) is 5.63. The average Bonchev–Trinajstić information content (AvgIpc) is 2.46. The van der Waals surface area contributed by atoms with Crippen LogP contribution in [-0.4, -0.2) is 11.8 Å². The molecule has 2 aromatic rings. The van der Waals surface area contributed by atoms with Gasteiger partial charge in [0, 0.05) is 27.2 Å². The first-order valence-electron chi connectivity index (χ1n) is 6.22. The Morgan fingerprint density at radius 2 is 1.45 bits per heavy atom. The highest BCUT2D eigenvalue weighted by Gasteiger charge is 2.31. The molecule has 0 amide bonds. The lowest BCUT2D eigenvalue weighted by Crippen LogP contribution is -2.33. The number of hydrogen-bond acceptors (Lipinski definition) is 0. The van der Waals surface area contributed by atoms with Crippen LogP contribution in [0.3, 0.4) is 0 Å². The van der Waals surface area contributed by atoms with Crippen molar-refractivity contribution in [2.75, 3.05) is 11.8 Å². The Hall–Kier alpha value is -0.400. The molecule has 20 heavy (non-hydrogen) atoms. The third kappa shape index (κ3) is 3.62. The second-order valence-electron chi connectivity index (χ2n) is 4.86. The van der Waals surface area contributed by atoms with Crippen molar-refractivity contribution in [1.29, 1.82) is 0 Å². The fraction of sp³-hybridized carbons (Fsp3) is 0.250. The lowest BCUT2D eigenvalue weighted by atomic mass is 9.79. The van der Waals surface area contributed by atoms with Crippen molar-refractivity contribution in [3.05, 3.63) is 69.7 Å². The van der Waals surface area contributed by atoms with Crippen molar-refractivity contribution in [1.82, 2.24) is 0 Å². The standard InChI is InChI=1S/C16H14Cl4/c17-10-16(11-18,13-4-6-14(19)7-5-13)9-12-2-1-3-15(20)8-12/h1-8H,9-11H2. The fourth-order valence-corrected chi connectivity index (χ4v) is 3.35. The molecule has 0 aliphatic rings. The summed E-state index contributed by atoms with van der Waals surface area (Å²) in [5.41, 5.74) is 1.89. The number of halogens is 4. The first-order valence-corrected chi connectivity index (χ1v) is 8.04. The van der Waals surface area contributed by atoms with Crippen LogP contribution >= 0.6 is 46.4 Å². The van der Waals surface area contributed by atoms with Gasteiger partial charge in [-0.25, -0.2) is 0 Å². The zero-order valence-electron chi connectivity index (χ0n) is 10.8. The third-order valence-corrected chi connectivity index (χ3v) is 4.91. The van der Waals surface area contributed by atoms with Crippen LogP contribution in [-0.2, 0) is 11.8 Å². The molecule has 0 aromatic heterocycles. The first-order chi connectivity index (χ1) is 9.59. The van der Waals surface area contributed by atoms with Gasteiger partial charge in [-0.3, -0.25) is 0 Å². The van der Waals surface area contributed by atoms with Crippen molar-refractivity contribution < 1.29 is 0 Å². The van der Waals surface area contributed by atoms with Crippen LogP contribution in [0.1, 0.15) is 11.1 Å². The molecule has 2 aromatic carbocycles. The maximum atomic E-state index is 6.24. The molecule has 106 valence electrons. The minimum Gasteiger partial charge on any atom is -0.126 e. The molecule has 0 aliphatic carbocycles. The summed E-state index contributed by atoms with van der Waals surface area (Å²) in [5, 5.41) is 1.42. The van der Waals surface area contributed by atoms with E-state index in [9.17, 15) is 0 Å². The van der Waals surface area contributed by atoms with E-state index in [1.54, 1.807) is 0 Å². The van der Waals surface area contributed by atoms with E-state index in [-0.39, 0.29) is 5.41 Å². The monoisotopic (exact) mass is 346 g/mol. The average molecular weight is 348 g/mol. The van der Waals surface area contributed by atoms with Gasteiger partial charge in [0.05, 0.1) is 0 Å². The quantitative estimate of drug-likeness (QED) is 0.586. The topological polar surface area (TPSA) is 0 Å². The molecule has 0 saturated heterocycles. The summed E-state index contributed by atoms with van der Waals surface area (Å²) >= 11 is 24.5. The highest BCUT2D eigenvalue weighted by molar-refractivity contribution is 6.31. The summed E-state index contributed by atoms with van der Waals surface area (Å²) in [5.74, 6) is 0.870. The van der Waals surface area contributed by atoms with Crippen molar-refractivity contribution in [3.63, 3.8) is 0 Å². The van der Waals surface area contributed by atoms with E-state index < -0.39 is 0 Å². The second-order valence-corrected chi connectivity index (χ2v) is 6.27. The number of rotatable bonds is 5. The molecule has 0 saturated carbocycles. The summed E-state index contributed by atoms with van der Waals surface area (Å²) in [7, 11) is 0. The molecule has 0 bridgehead atoms. The fourth-order valence-electron chi connectivity index (χ4n) is 2.23. The Bertz CT molecular complexity index is 559. The van der Waals surface area contributed by atoms with Crippen LogP contribution in [0, 0.1) is 0 Å². The maximum Gasteiger partial charge on any atom is 0.0408 e. The Labute approximate surface area is 139 Å². The van der Waals surface area contributed by atoms with Gasteiger partial charge < -0.3 is 0 Å². The van der Waals surface area contributed by atoms with Gasteiger partial charge in [-0.1, -0.05) is 47.5 Å². The van der Waals surface area contributed by atoms with Crippen LogP contribution in [0.5, 0.6) is 0 Å². The minimum atomic E-state index is -0.321. The molecule has 0 N–H and O–H groups in total. The van der Waals surface area contributed by atoms with E-state index in [0.29, 0.717) is 16.8 Å². The normalized spacial score (nSPS) is 11.6. The van der Waals surface area contributed by atoms with Crippen LogP contribution in [0.25, 0.3) is 0 Å². The van der Waals surface area contributed by atoms with Gasteiger partial charge in [0.25, 0.3) is 0 Å². The van der Waals surface area contributed by atoms with Gasteiger partial charge in [-0.05, 0) is 41.8 Å². The minimum absolute atomic E-state index is 0.321. The summed E-state index contributed by atoms with van der Waals surface area (Å²) in [4.78, 5) is 0. The Morgan fingerprint density at radius 3 is 2.00 bits per heavy atom. The lowest BCUT2D eigenvalue weighted by Gasteiger charge is -2.30. The summed E-state index contributed by atoms with van der Waals surface area (Å²) in [6.07, 6.45) is 0.738. The van der Waals surface area contributed by atoms with E-state index in [0.717, 1.165) is 22.6 Å². The summed E-state index contributed by atoms with van der Waals surface area (Å²) in [6.45, 7) is 0. The predicted molar refractivity (Wildman–Crippen MR) is 89.7 cm³/mol. The highest BCUT2D eigenvalue weighted by atomic mass is 35.5. The SMILES string of the molecule is ClCC(CCl)(Cc1cccc(Cl)c1)c1ccc(Cl)cc1. The van der Waals surface area contributed by atoms with Crippen LogP contribution in [0.2, 0.25) is 10.0 Å². The Morgan fingerprint density at radius 1 is 0.800 bits per heavy atom. The zero-order chi connectivity index (χ0) is 14.6. The number of hydrogen-bond donors (Lipinski definition) is 0. The maximum absolute atomic E-state index is 6.24. The molecule has 0 aliphatic heterocycles. The van der Waals surface area contributed by atoms with Crippen LogP contribution in [0.4, 0.5) is 0 Å². The summed E-state index contributed by atoms with van der Waals surface area (Å²) < 4.78 is 0. The lowest BCUT2D eigenvalue weighted by molar-refractivity contribution is 0.536. The zero-order valence-corrected chi connectivity index (χ0v) is 13.8. The van der Waals surface area contributed by atoms with Crippen molar-refractivity contribution in [2.24, 2.45) is 0 Å². The molecular weight excluding hydrogens is 334 g/mol. The molecule has 0 nitrogen and oxygen atoms in total. The van der Waals surface area contributed by atoms with Gasteiger partial charge >= 0.3 is 0 Å². The van der Waals surface area contributed by atoms with Crippen molar-refractivity contribution in [3.8, 4) is 0 Å². The van der Waals surface area contributed by atoms with Gasteiger partial charge in [0.2, 0.25) is 0 Å². The number of benzene rings is 2. The summed E-state index contributed by atoms with van der Waals surface area (Å²) in [6, 6.07) is 15.5. The molecule has 0 atom stereocenters. The molecule has 2 rings (SSSR count). The highest BCUT2D eigenvalue weighted by Crippen LogP contribution is 2.33. The van der Waals surface area contributed by atoms with E-state index in [2.05, 4.69) is 0 Å². The molecule has 4 heteroatoms. The largest absolute Gasteiger partial charge is 0.126 e. The van der Waals surface area contributed by atoms with Gasteiger partial charge in [-0.2, -0.15) is 0 Å². The molecule has 0 unspecified atom stereocenters. The molecular formula is C16H14Cl4. The smallest absolute Gasteiger partial charge is 0.0408 e. The van der Waals surface area contributed by atoms with Gasteiger partial charge in [-0.15, -0.1) is 23.2 Å². The number of alkyl halides is 2. The predicted octanol–water partition coefficient (Wildman–Crippen LogP) is 5.95. The van der Waals surface area contributed by atoms with Crippen molar-refractivity contribution >= 4 is 46.4 Å². The van der Waals surface area contributed by atoms with E-state index >= 15 is 0 Å². The van der Waals surface area contributed by atoms with E-state index in [1.165, 1.54) is 0 Å². The third-order valence-electron chi connectivity index (χ3n) is 3.40. The van der Waals surface area contributed by atoms with E-state index in [4.69, 9.17) is 46.4 Å². The van der Waals surface area contributed by atoms with E-state index in [1.807, 2.05) is 48.5 Å². The Balaban J connectivity index is 2.36. The molecule has 0 heterocycles. The molecule has 0 radical (unpaired) electrons. The first kappa shape index (κ1) is 16.0. The molecule has 0 spiro atoms. The van der Waals surface area contributed by atoms with Crippen LogP contribution in [0.15, 0.2) is 48.5 Å². The van der Waals surface area contributed by atoms with Gasteiger partial charge in [0.1, 0.15) is 0 Å². The van der Waals surface area contributed by atoms with Crippen molar-refractivity contribution in [2.45, 2.75) is 11.8 Å². The van der Waals surface area contributed by atoms with Gasteiger partial charge in [0.15, 0.2) is 0 Å². The second kappa shape index (κ2) is 7.04. The molecule has 0 fully saturated rings.